The molecule has 0 radical (unpaired) electrons. The summed E-state index contributed by atoms with van der Waals surface area (Å²) in [6.07, 6.45) is 0.138. The summed E-state index contributed by atoms with van der Waals surface area (Å²) in [5, 5.41) is 2.58. The van der Waals surface area contributed by atoms with E-state index in [1.54, 1.807) is 0 Å². The Hall–Kier alpha value is -3.19. The molecule has 0 aliphatic heterocycles. The average Bonchev–Trinajstić information content (AvgIpc) is 2.75. The topological polar surface area (TPSA) is 108 Å². The van der Waals surface area contributed by atoms with Crippen molar-refractivity contribution in [3.63, 3.8) is 0 Å². The molecule has 0 spiro atoms. The second-order valence-electron chi connectivity index (χ2n) is 6.44. The van der Waals surface area contributed by atoms with Crippen molar-refractivity contribution in [3.8, 4) is 0 Å². The zero-order chi connectivity index (χ0) is 20.9. The van der Waals surface area contributed by atoms with Crippen LogP contribution in [0.5, 0.6) is 0 Å². The second kappa shape index (κ2) is 12.3. The fourth-order valence-electron chi connectivity index (χ4n) is 2.55. The first-order valence-corrected chi connectivity index (χ1v) is 9.48. The van der Waals surface area contributed by atoms with Gasteiger partial charge in [-0.25, -0.2) is 4.79 Å². The van der Waals surface area contributed by atoms with Crippen molar-refractivity contribution < 1.29 is 23.9 Å². The van der Waals surface area contributed by atoms with Crippen LogP contribution in [0.2, 0.25) is 0 Å². The fraction of sp³-hybridized carbons (Fsp3) is 0.318. The number of rotatable bonds is 11. The highest BCUT2D eigenvalue weighted by molar-refractivity contribution is 5.85. The first-order chi connectivity index (χ1) is 14.1. The monoisotopic (exact) mass is 398 g/mol. The minimum atomic E-state index is -0.943. The van der Waals surface area contributed by atoms with Crippen LogP contribution in [0.25, 0.3) is 0 Å². The Labute approximate surface area is 170 Å². The van der Waals surface area contributed by atoms with E-state index in [9.17, 15) is 14.4 Å². The van der Waals surface area contributed by atoms with Crippen LogP contribution in [0, 0.1) is 0 Å². The molecular formula is C22H26N2O5. The number of carbonyl (C=O) groups is 3. The van der Waals surface area contributed by atoms with E-state index in [0.717, 1.165) is 11.1 Å². The van der Waals surface area contributed by atoms with Crippen LogP contribution < -0.4 is 11.1 Å². The molecule has 0 bridgehead atoms. The third-order valence-electron chi connectivity index (χ3n) is 4.09. The van der Waals surface area contributed by atoms with E-state index in [-0.39, 0.29) is 44.9 Å². The molecule has 3 N–H and O–H groups in total. The van der Waals surface area contributed by atoms with E-state index in [1.165, 1.54) is 0 Å². The molecule has 2 aromatic carbocycles. The van der Waals surface area contributed by atoms with Gasteiger partial charge in [-0.3, -0.25) is 9.59 Å². The average molecular weight is 398 g/mol. The van der Waals surface area contributed by atoms with E-state index in [2.05, 4.69) is 5.32 Å². The molecule has 0 aromatic heterocycles. The molecule has 0 saturated heterocycles. The molecule has 1 atom stereocenters. The quantitative estimate of drug-likeness (QED) is 0.561. The Bertz CT molecular complexity index is 780. The molecule has 154 valence electrons. The number of esters is 2. The van der Waals surface area contributed by atoms with Crippen LogP contribution in [0.3, 0.4) is 0 Å². The van der Waals surface area contributed by atoms with Crippen LogP contribution in [-0.4, -0.2) is 30.4 Å². The molecule has 1 amide bonds. The third kappa shape index (κ3) is 8.57. The van der Waals surface area contributed by atoms with Crippen LogP contribution in [0.4, 0.5) is 0 Å². The van der Waals surface area contributed by atoms with Gasteiger partial charge in [0.2, 0.25) is 5.91 Å². The molecule has 0 unspecified atom stereocenters. The summed E-state index contributed by atoms with van der Waals surface area (Å²) in [4.78, 5) is 36.3. The first kappa shape index (κ1) is 22.1. The van der Waals surface area contributed by atoms with E-state index in [0.29, 0.717) is 0 Å². The SMILES string of the molecule is NCCC(=O)N[C@H](CCC(=O)OCc1ccccc1)C(=O)OCc1ccccc1. The Morgan fingerprint density at radius 1 is 0.828 bits per heavy atom. The van der Waals surface area contributed by atoms with E-state index in [1.807, 2.05) is 60.7 Å². The molecule has 29 heavy (non-hydrogen) atoms. The largest absolute Gasteiger partial charge is 0.461 e. The molecule has 7 heteroatoms. The molecule has 2 aromatic rings. The van der Waals surface area contributed by atoms with Crippen molar-refractivity contribution in [3.05, 3.63) is 71.8 Å². The lowest BCUT2D eigenvalue weighted by molar-refractivity contribution is -0.150. The zero-order valence-electron chi connectivity index (χ0n) is 16.2. The van der Waals surface area contributed by atoms with Crippen LogP contribution in [-0.2, 0) is 37.1 Å². The van der Waals surface area contributed by atoms with Crippen molar-refractivity contribution >= 4 is 17.8 Å². The van der Waals surface area contributed by atoms with Gasteiger partial charge in [0.15, 0.2) is 0 Å². The molecule has 0 fully saturated rings. The molecule has 0 heterocycles. The number of amides is 1. The highest BCUT2D eigenvalue weighted by Crippen LogP contribution is 2.08. The molecular weight excluding hydrogens is 372 g/mol. The minimum absolute atomic E-state index is 0.0269. The van der Waals surface area contributed by atoms with Gasteiger partial charge in [0, 0.05) is 19.4 Å². The molecule has 0 aliphatic carbocycles. The van der Waals surface area contributed by atoms with Gasteiger partial charge in [0.25, 0.3) is 0 Å². The van der Waals surface area contributed by atoms with Gasteiger partial charge in [0.1, 0.15) is 19.3 Å². The van der Waals surface area contributed by atoms with Crippen LogP contribution >= 0.6 is 0 Å². The maximum Gasteiger partial charge on any atom is 0.328 e. The number of nitrogens with one attached hydrogen (secondary N) is 1. The van der Waals surface area contributed by atoms with Gasteiger partial charge in [-0.05, 0) is 17.5 Å². The van der Waals surface area contributed by atoms with E-state index >= 15 is 0 Å². The Balaban J connectivity index is 1.85. The van der Waals surface area contributed by atoms with Crippen molar-refractivity contribution in [1.82, 2.24) is 5.32 Å². The van der Waals surface area contributed by atoms with E-state index < -0.39 is 18.0 Å². The summed E-state index contributed by atoms with van der Waals surface area (Å²) in [5.74, 6) is -1.43. The molecule has 2 rings (SSSR count). The van der Waals surface area contributed by atoms with Crippen molar-refractivity contribution in [2.24, 2.45) is 5.73 Å². The lowest BCUT2D eigenvalue weighted by atomic mass is 10.1. The van der Waals surface area contributed by atoms with Gasteiger partial charge in [-0.2, -0.15) is 0 Å². The van der Waals surface area contributed by atoms with Gasteiger partial charge >= 0.3 is 11.9 Å². The standard InChI is InChI=1S/C22H26N2O5/c23-14-13-20(25)24-19(22(27)29-16-18-9-5-2-6-10-18)11-12-21(26)28-15-17-7-3-1-4-8-17/h1-10,19H,11-16,23H2,(H,24,25)/t19-/m1/s1. The van der Waals surface area contributed by atoms with Crippen molar-refractivity contribution in [2.75, 3.05) is 6.54 Å². The molecule has 0 saturated carbocycles. The second-order valence-corrected chi connectivity index (χ2v) is 6.44. The van der Waals surface area contributed by atoms with Crippen LogP contribution in [0.1, 0.15) is 30.4 Å². The summed E-state index contributed by atoms with van der Waals surface area (Å²) in [6.45, 7) is 0.403. The Kier molecular flexibility index (Phi) is 9.38. The highest BCUT2D eigenvalue weighted by atomic mass is 16.5. The number of nitrogens with two attached hydrogens (primary N) is 1. The number of hydrogen-bond donors (Lipinski definition) is 2. The smallest absolute Gasteiger partial charge is 0.328 e. The van der Waals surface area contributed by atoms with E-state index in [4.69, 9.17) is 15.2 Å². The Morgan fingerprint density at radius 3 is 1.93 bits per heavy atom. The number of ether oxygens (including phenoxy) is 2. The van der Waals surface area contributed by atoms with Gasteiger partial charge in [0.05, 0.1) is 0 Å². The summed E-state index contributed by atoms with van der Waals surface area (Å²) in [6, 6.07) is 17.6. The first-order valence-electron chi connectivity index (χ1n) is 9.48. The maximum absolute atomic E-state index is 12.4. The number of hydrogen-bond acceptors (Lipinski definition) is 6. The van der Waals surface area contributed by atoms with Crippen molar-refractivity contribution in [1.29, 1.82) is 0 Å². The summed E-state index contributed by atoms with van der Waals surface area (Å²) >= 11 is 0. The summed E-state index contributed by atoms with van der Waals surface area (Å²) in [7, 11) is 0. The van der Waals surface area contributed by atoms with Gasteiger partial charge in [-0.15, -0.1) is 0 Å². The number of benzene rings is 2. The summed E-state index contributed by atoms with van der Waals surface area (Å²) in [5.41, 5.74) is 7.08. The highest BCUT2D eigenvalue weighted by Gasteiger charge is 2.23. The van der Waals surface area contributed by atoms with Crippen LogP contribution in [0.15, 0.2) is 60.7 Å². The zero-order valence-corrected chi connectivity index (χ0v) is 16.2. The van der Waals surface area contributed by atoms with Gasteiger partial charge < -0.3 is 20.5 Å². The normalized spacial score (nSPS) is 11.3. The summed E-state index contributed by atoms with van der Waals surface area (Å²) < 4.78 is 10.5. The molecule has 7 nitrogen and oxygen atoms in total. The fourth-order valence-corrected chi connectivity index (χ4v) is 2.55. The van der Waals surface area contributed by atoms with Gasteiger partial charge in [-0.1, -0.05) is 60.7 Å². The number of carbonyl (C=O) groups excluding carboxylic acids is 3. The predicted molar refractivity (Wildman–Crippen MR) is 107 cm³/mol. The van der Waals surface area contributed by atoms with Crippen molar-refractivity contribution in [2.45, 2.75) is 38.5 Å². The lowest BCUT2D eigenvalue weighted by Crippen LogP contribution is -2.42. The minimum Gasteiger partial charge on any atom is -0.461 e. The maximum atomic E-state index is 12.4. The lowest BCUT2D eigenvalue weighted by Gasteiger charge is -2.17. The predicted octanol–water partition coefficient (Wildman–Crippen LogP) is 2.09. The third-order valence-corrected chi connectivity index (χ3v) is 4.09. The Morgan fingerprint density at radius 2 is 1.38 bits per heavy atom. The molecule has 0 aliphatic rings.